The van der Waals surface area contributed by atoms with Crippen molar-refractivity contribution < 1.29 is 99.5 Å². The van der Waals surface area contributed by atoms with Gasteiger partial charge in [0.15, 0.2) is 25.2 Å². The summed E-state index contributed by atoms with van der Waals surface area (Å²) in [6.45, 7) is -3.14. The molecule has 4 heterocycles. The van der Waals surface area contributed by atoms with E-state index in [1.807, 2.05) is 0 Å². The van der Waals surface area contributed by atoms with Crippen molar-refractivity contribution in [1.82, 2.24) is 0 Å². The van der Waals surface area contributed by atoms with Crippen LogP contribution in [0.15, 0.2) is 0 Å². The lowest BCUT2D eigenvalue weighted by Crippen LogP contribution is -2.66. The summed E-state index contributed by atoms with van der Waals surface area (Å²) >= 11 is 0. The molecule has 258 valence electrons. The van der Waals surface area contributed by atoms with Crippen molar-refractivity contribution in [2.75, 3.05) is 26.4 Å². The molecular formula is C24H42O20. The van der Waals surface area contributed by atoms with Crippen LogP contribution in [0, 0.1) is 0 Å². The van der Waals surface area contributed by atoms with Gasteiger partial charge in [-0.3, -0.25) is 0 Å². The zero-order valence-corrected chi connectivity index (χ0v) is 23.2. The summed E-state index contributed by atoms with van der Waals surface area (Å²) in [6.07, 6.45) is -31.5. The highest BCUT2D eigenvalue weighted by molar-refractivity contribution is 4.96. The second-order valence-corrected chi connectivity index (χ2v) is 11.0. The molecule has 0 aromatic rings. The van der Waals surface area contributed by atoms with Gasteiger partial charge in [0.1, 0.15) is 85.5 Å². The van der Waals surface area contributed by atoms with E-state index in [2.05, 4.69) is 0 Å². The molecule has 4 saturated heterocycles. The first-order chi connectivity index (χ1) is 20.9. The van der Waals surface area contributed by atoms with E-state index in [0.29, 0.717) is 0 Å². The van der Waals surface area contributed by atoms with Gasteiger partial charge in [-0.1, -0.05) is 0 Å². The third-order valence-electron chi connectivity index (χ3n) is 8.07. The SMILES string of the molecule is OC[C@H]1O[C@H](O[C@H]2[C@H](O)[C@@H](O)[C@H](O[C@H]3[C@H](O)[C@@H](O)[C@@H](O[C@@H]4C[C@@H](O)[C@H](O)[C@@H](CO)O4)O[C@@H]3CO)O[C@@H]2CO)[C@H](O)[C@@H](O)[C@@H]1O. The van der Waals surface area contributed by atoms with E-state index in [1.54, 1.807) is 0 Å². The van der Waals surface area contributed by atoms with Gasteiger partial charge in [0, 0.05) is 6.42 Å². The summed E-state index contributed by atoms with van der Waals surface area (Å²) in [5.74, 6) is 0. The average Bonchev–Trinajstić information content (AvgIpc) is 3.01. The number of aliphatic hydroxyl groups is 13. The molecule has 13 N–H and O–H groups in total. The first kappa shape index (κ1) is 36.0. The fraction of sp³-hybridized carbons (Fsp3) is 1.00. The Morgan fingerprint density at radius 3 is 1.25 bits per heavy atom. The Hall–Kier alpha value is -0.800. The molecule has 0 aliphatic carbocycles. The van der Waals surface area contributed by atoms with Crippen molar-refractivity contribution in [3.8, 4) is 0 Å². The van der Waals surface area contributed by atoms with Crippen molar-refractivity contribution in [3.63, 3.8) is 0 Å². The van der Waals surface area contributed by atoms with Crippen LogP contribution < -0.4 is 0 Å². The molecule has 0 radical (unpaired) electrons. The second kappa shape index (κ2) is 15.4. The molecule has 4 rings (SSSR count). The number of ether oxygens (including phenoxy) is 7. The molecule has 0 aromatic carbocycles. The van der Waals surface area contributed by atoms with Crippen LogP contribution in [0.4, 0.5) is 0 Å². The molecule has 44 heavy (non-hydrogen) atoms. The van der Waals surface area contributed by atoms with Crippen LogP contribution in [0.1, 0.15) is 6.42 Å². The Bertz CT molecular complexity index is 881. The maximum Gasteiger partial charge on any atom is 0.189 e. The van der Waals surface area contributed by atoms with Gasteiger partial charge in [-0.2, -0.15) is 0 Å². The maximum absolute atomic E-state index is 10.8. The maximum atomic E-state index is 10.8. The number of hydrogen-bond donors (Lipinski definition) is 13. The second-order valence-electron chi connectivity index (χ2n) is 11.0. The lowest BCUT2D eigenvalue weighted by atomic mass is 9.96. The summed E-state index contributed by atoms with van der Waals surface area (Å²) in [5.41, 5.74) is 0. The molecule has 0 amide bonds. The van der Waals surface area contributed by atoms with E-state index in [9.17, 15) is 66.4 Å². The quantitative estimate of drug-likeness (QED) is 0.104. The zero-order valence-electron chi connectivity index (χ0n) is 23.2. The fourth-order valence-electron chi connectivity index (χ4n) is 5.46. The van der Waals surface area contributed by atoms with Gasteiger partial charge < -0.3 is 99.5 Å². The van der Waals surface area contributed by atoms with Crippen LogP contribution in [0.5, 0.6) is 0 Å². The number of aliphatic hydroxyl groups excluding tert-OH is 13. The van der Waals surface area contributed by atoms with E-state index in [1.165, 1.54) is 0 Å². The molecule has 4 aliphatic heterocycles. The largest absolute Gasteiger partial charge is 0.394 e. The molecule has 20 nitrogen and oxygen atoms in total. The predicted octanol–water partition coefficient (Wildman–Crippen LogP) is -8.72. The lowest BCUT2D eigenvalue weighted by molar-refractivity contribution is -0.390. The number of rotatable bonds is 10. The van der Waals surface area contributed by atoms with Crippen LogP contribution in [0.25, 0.3) is 0 Å². The standard InChI is InChI=1S/C24H42O20/c25-2-7-12(30)6(29)1-11(38-7)42-22-18(36)15(33)20(9(4-27)40-22)44-24-19(37)16(34)21(10(5-28)41-24)43-23-17(35)14(32)13(31)8(3-26)39-23/h6-37H,1-5H2/t6-,7-,8-,9-,10-,11-,12+,13-,14+,15-,16-,17-,18-,19-,20-,21-,22-,23-,24+/m1/s1. The van der Waals surface area contributed by atoms with Crippen LogP contribution in [0.2, 0.25) is 0 Å². The van der Waals surface area contributed by atoms with E-state index in [4.69, 9.17) is 33.2 Å². The molecule has 4 aliphatic rings. The van der Waals surface area contributed by atoms with Crippen LogP contribution >= 0.6 is 0 Å². The topological polar surface area (TPSA) is 328 Å². The van der Waals surface area contributed by atoms with E-state index >= 15 is 0 Å². The Morgan fingerprint density at radius 1 is 0.409 bits per heavy atom. The van der Waals surface area contributed by atoms with Crippen LogP contribution in [-0.2, 0) is 33.2 Å². The highest BCUT2D eigenvalue weighted by atomic mass is 16.8. The summed E-state index contributed by atoms with van der Waals surface area (Å²) < 4.78 is 38.2. The van der Waals surface area contributed by atoms with Crippen molar-refractivity contribution in [2.24, 2.45) is 0 Å². The minimum Gasteiger partial charge on any atom is -0.394 e. The molecule has 0 saturated carbocycles. The highest BCUT2D eigenvalue weighted by Gasteiger charge is 2.54. The Morgan fingerprint density at radius 2 is 0.795 bits per heavy atom. The first-order valence-corrected chi connectivity index (χ1v) is 14.0. The van der Waals surface area contributed by atoms with E-state index in [0.717, 1.165) is 0 Å². The van der Waals surface area contributed by atoms with Crippen molar-refractivity contribution >= 4 is 0 Å². The van der Waals surface area contributed by atoms with E-state index < -0.39 is 143 Å². The summed E-state index contributed by atoms with van der Waals surface area (Å²) in [6, 6.07) is 0. The lowest BCUT2D eigenvalue weighted by Gasteiger charge is -2.48. The average molecular weight is 651 g/mol. The van der Waals surface area contributed by atoms with Gasteiger partial charge in [0.2, 0.25) is 0 Å². The molecule has 19 atom stereocenters. The van der Waals surface area contributed by atoms with Gasteiger partial charge in [-0.25, -0.2) is 0 Å². The number of hydrogen-bond acceptors (Lipinski definition) is 20. The minimum absolute atomic E-state index is 0.293. The van der Waals surface area contributed by atoms with Gasteiger partial charge >= 0.3 is 0 Å². The molecule has 4 fully saturated rings. The van der Waals surface area contributed by atoms with Crippen molar-refractivity contribution in [1.29, 1.82) is 0 Å². The summed E-state index contributed by atoms with van der Waals surface area (Å²) in [5, 5.41) is 132. The normalized spacial score (nSPS) is 52.2. The molecule has 0 bridgehead atoms. The monoisotopic (exact) mass is 650 g/mol. The smallest absolute Gasteiger partial charge is 0.189 e. The molecular weight excluding hydrogens is 608 g/mol. The third-order valence-corrected chi connectivity index (χ3v) is 8.07. The van der Waals surface area contributed by atoms with Crippen molar-refractivity contribution in [3.05, 3.63) is 0 Å². The predicted molar refractivity (Wildman–Crippen MR) is 132 cm³/mol. The van der Waals surface area contributed by atoms with Crippen LogP contribution in [0.3, 0.4) is 0 Å². The fourth-order valence-corrected chi connectivity index (χ4v) is 5.46. The van der Waals surface area contributed by atoms with Gasteiger partial charge in [0.05, 0.1) is 32.5 Å². The Kier molecular flexibility index (Phi) is 12.6. The third kappa shape index (κ3) is 7.35. The Balaban J connectivity index is 1.41. The summed E-state index contributed by atoms with van der Waals surface area (Å²) in [7, 11) is 0. The molecule has 0 aromatic heterocycles. The summed E-state index contributed by atoms with van der Waals surface area (Å²) in [4.78, 5) is 0. The minimum atomic E-state index is -1.98. The van der Waals surface area contributed by atoms with E-state index in [-0.39, 0.29) is 6.42 Å². The van der Waals surface area contributed by atoms with Gasteiger partial charge in [-0.05, 0) is 0 Å². The zero-order chi connectivity index (χ0) is 32.5. The Labute approximate surface area is 249 Å². The van der Waals surface area contributed by atoms with Crippen molar-refractivity contribution in [2.45, 2.75) is 123 Å². The molecule has 0 spiro atoms. The van der Waals surface area contributed by atoms with Gasteiger partial charge in [0.25, 0.3) is 0 Å². The van der Waals surface area contributed by atoms with Crippen LogP contribution in [-0.4, -0.2) is 210 Å². The molecule has 20 heteroatoms. The highest BCUT2D eigenvalue weighted by Crippen LogP contribution is 2.33. The molecule has 0 unspecified atom stereocenters. The van der Waals surface area contributed by atoms with Gasteiger partial charge in [-0.15, -0.1) is 0 Å². The first-order valence-electron chi connectivity index (χ1n) is 14.0.